The van der Waals surface area contributed by atoms with Crippen molar-refractivity contribution >= 4 is 23.0 Å². The molecule has 4 heterocycles. The summed E-state index contributed by atoms with van der Waals surface area (Å²) >= 11 is 0. The van der Waals surface area contributed by atoms with Gasteiger partial charge in [-0.3, -0.25) is 4.79 Å². The Morgan fingerprint density at radius 2 is 1.68 bits per heavy atom. The van der Waals surface area contributed by atoms with Crippen LogP contribution in [0.5, 0.6) is 0 Å². The van der Waals surface area contributed by atoms with Crippen molar-refractivity contribution in [3.63, 3.8) is 0 Å². The highest BCUT2D eigenvalue weighted by Crippen LogP contribution is 2.44. The van der Waals surface area contributed by atoms with E-state index in [1.54, 1.807) is 6.92 Å². The summed E-state index contributed by atoms with van der Waals surface area (Å²) in [4.78, 5) is 36.5. The van der Waals surface area contributed by atoms with Crippen LogP contribution < -0.4 is 0 Å². The summed E-state index contributed by atoms with van der Waals surface area (Å²) < 4.78 is 12.0. The molecule has 3 aromatic rings. The molecule has 1 aliphatic heterocycles. The summed E-state index contributed by atoms with van der Waals surface area (Å²) in [6.45, 7) is 17.4. The predicted molar refractivity (Wildman–Crippen MR) is 153 cm³/mol. The molecular formula is C32H43N3O5. The fraction of sp³-hybridized carbons (Fsp3) is 0.625. The fourth-order valence-corrected chi connectivity index (χ4v) is 6.52. The summed E-state index contributed by atoms with van der Waals surface area (Å²) in [5, 5.41) is 9.37. The normalized spacial score (nSPS) is 21.6. The average Bonchev–Trinajstić information content (AvgIpc) is 3.45. The molecule has 1 unspecified atom stereocenters. The maximum Gasteiger partial charge on any atom is 0.358 e. The molecule has 0 bridgehead atoms. The minimum atomic E-state index is -1.09. The topological polar surface area (TPSA) is 110 Å². The van der Waals surface area contributed by atoms with E-state index in [9.17, 15) is 14.7 Å². The molecule has 1 saturated heterocycles. The second kappa shape index (κ2) is 9.74. The molecule has 8 heteroatoms. The van der Waals surface area contributed by atoms with Gasteiger partial charge in [-0.05, 0) is 76.2 Å². The van der Waals surface area contributed by atoms with Crippen molar-refractivity contribution in [1.82, 2.24) is 14.9 Å². The number of carbonyl (C=O) groups is 2. The minimum Gasteiger partial charge on any atom is -0.476 e. The van der Waals surface area contributed by atoms with E-state index in [1.165, 1.54) is 12.8 Å². The third-order valence-electron chi connectivity index (χ3n) is 9.06. The summed E-state index contributed by atoms with van der Waals surface area (Å²) in [6, 6.07) is 4.03. The van der Waals surface area contributed by atoms with Gasteiger partial charge in [0.1, 0.15) is 11.3 Å². The highest BCUT2D eigenvalue weighted by atomic mass is 16.4. The number of likely N-dealkylation sites (tertiary alicyclic amines) is 1. The molecule has 2 fully saturated rings. The van der Waals surface area contributed by atoms with E-state index >= 15 is 0 Å². The van der Waals surface area contributed by atoms with Crippen molar-refractivity contribution in [2.75, 3.05) is 6.54 Å². The van der Waals surface area contributed by atoms with Crippen LogP contribution in [0.3, 0.4) is 0 Å². The van der Waals surface area contributed by atoms with Crippen LogP contribution in [0.25, 0.3) is 11.1 Å². The number of hydrogen-bond donors (Lipinski definition) is 1. The summed E-state index contributed by atoms with van der Waals surface area (Å²) in [5.74, 6) is 0.141. The standard InChI is InChI=1S/C32H43N3O5/c1-18-25(29(37)38)34-27(39-18)20-11-14-35(32(7,8)17-20)28(36)24-16-23-26(40-24)21(30(2,3)4)15-22(33-23)19-9-12-31(5,6)13-10-19/h15-16,19-20H,9-14,17H2,1-8H3,(H,37,38). The first-order valence-corrected chi connectivity index (χ1v) is 14.5. The fourth-order valence-electron chi connectivity index (χ4n) is 6.52. The van der Waals surface area contributed by atoms with Gasteiger partial charge in [0.25, 0.3) is 5.91 Å². The Hall–Kier alpha value is -3.16. The molecule has 40 heavy (non-hydrogen) atoms. The van der Waals surface area contributed by atoms with Crippen LogP contribution in [0, 0.1) is 12.3 Å². The first-order valence-electron chi connectivity index (χ1n) is 14.5. The maximum atomic E-state index is 13.9. The molecule has 0 aromatic carbocycles. The SMILES string of the molecule is Cc1oc(C2CCN(C(=O)c3cc4nc(C5CCC(C)(C)CC5)cc(C(C)(C)C)c4o3)C(C)(C)C2)nc1C(=O)O. The number of aromatic carboxylic acids is 1. The van der Waals surface area contributed by atoms with Crippen LogP contribution in [0.4, 0.5) is 0 Å². The number of nitrogens with zero attached hydrogens (tertiary/aromatic N) is 3. The lowest BCUT2D eigenvalue weighted by atomic mass is 9.72. The van der Waals surface area contributed by atoms with Gasteiger partial charge in [0.2, 0.25) is 0 Å². The molecule has 3 aromatic heterocycles. The van der Waals surface area contributed by atoms with Gasteiger partial charge < -0.3 is 18.8 Å². The molecule has 0 spiro atoms. The lowest BCUT2D eigenvalue weighted by Gasteiger charge is -2.44. The van der Waals surface area contributed by atoms with Crippen molar-refractivity contribution in [1.29, 1.82) is 0 Å². The molecule has 5 rings (SSSR count). The number of fused-ring (bicyclic) bond motifs is 1. The number of carbonyl (C=O) groups excluding carboxylic acids is 1. The Morgan fingerprint density at radius 1 is 1.00 bits per heavy atom. The molecule has 1 amide bonds. The number of aryl methyl sites for hydroxylation is 1. The van der Waals surface area contributed by atoms with Gasteiger partial charge in [0.05, 0.1) is 0 Å². The Bertz CT molecular complexity index is 1450. The van der Waals surface area contributed by atoms with Crippen molar-refractivity contribution in [2.24, 2.45) is 5.41 Å². The molecule has 2 aliphatic rings. The van der Waals surface area contributed by atoms with E-state index in [4.69, 9.17) is 13.8 Å². The Balaban J connectivity index is 1.42. The second-order valence-electron chi connectivity index (χ2n) is 14.3. The molecule has 1 aliphatic carbocycles. The number of oxazole rings is 1. The van der Waals surface area contributed by atoms with Crippen molar-refractivity contribution in [3.05, 3.63) is 46.5 Å². The number of furan rings is 1. The molecule has 1 atom stereocenters. The predicted octanol–water partition coefficient (Wildman–Crippen LogP) is 7.60. The van der Waals surface area contributed by atoms with E-state index in [-0.39, 0.29) is 22.9 Å². The zero-order chi connectivity index (χ0) is 29.2. The maximum absolute atomic E-state index is 13.9. The van der Waals surface area contributed by atoms with E-state index in [2.05, 4.69) is 45.7 Å². The molecule has 216 valence electrons. The van der Waals surface area contributed by atoms with Gasteiger partial charge in [-0.25, -0.2) is 14.8 Å². The van der Waals surface area contributed by atoms with Crippen LogP contribution in [-0.4, -0.2) is 43.9 Å². The minimum absolute atomic E-state index is 0.0490. The van der Waals surface area contributed by atoms with Gasteiger partial charge >= 0.3 is 5.97 Å². The third-order valence-corrected chi connectivity index (χ3v) is 9.06. The lowest BCUT2D eigenvalue weighted by Crippen LogP contribution is -2.52. The van der Waals surface area contributed by atoms with Crippen LogP contribution in [0.2, 0.25) is 0 Å². The average molecular weight is 550 g/mol. The summed E-state index contributed by atoms with van der Waals surface area (Å²) in [5.41, 5.74) is 3.30. The molecule has 0 radical (unpaired) electrons. The zero-order valence-corrected chi connectivity index (χ0v) is 25.2. The molecular weight excluding hydrogens is 506 g/mol. The van der Waals surface area contributed by atoms with Crippen LogP contribution >= 0.6 is 0 Å². The number of amides is 1. The second-order valence-corrected chi connectivity index (χ2v) is 14.3. The largest absolute Gasteiger partial charge is 0.476 e. The van der Waals surface area contributed by atoms with Crippen LogP contribution in [0.15, 0.2) is 21.0 Å². The van der Waals surface area contributed by atoms with Gasteiger partial charge in [-0.2, -0.15) is 0 Å². The lowest BCUT2D eigenvalue weighted by molar-refractivity contribution is 0.0345. The highest BCUT2D eigenvalue weighted by molar-refractivity contribution is 5.96. The van der Waals surface area contributed by atoms with E-state index in [0.29, 0.717) is 53.7 Å². The first-order chi connectivity index (χ1) is 18.6. The molecule has 8 nitrogen and oxygen atoms in total. The van der Waals surface area contributed by atoms with Gasteiger partial charge in [0, 0.05) is 41.2 Å². The number of piperidine rings is 1. The zero-order valence-electron chi connectivity index (χ0n) is 25.2. The Labute approximate surface area is 236 Å². The monoisotopic (exact) mass is 549 g/mol. The first kappa shape index (κ1) is 28.4. The van der Waals surface area contributed by atoms with Gasteiger partial charge in [-0.15, -0.1) is 0 Å². The Kier molecular flexibility index (Phi) is 6.91. The molecule has 1 N–H and O–H groups in total. The number of carboxylic acids is 1. The number of pyridine rings is 1. The van der Waals surface area contributed by atoms with Crippen molar-refractivity contribution in [3.8, 4) is 0 Å². The van der Waals surface area contributed by atoms with Gasteiger partial charge in [-0.1, -0.05) is 34.6 Å². The number of rotatable bonds is 4. The van der Waals surface area contributed by atoms with Crippen molar-refractivity contribution in [2.45, 2.75) is 117 Å². The van der Waals surface area contributed by atoms with Crippen LogP contribution in [0.1, 0.15) is 143 Å². The highest BCUT2D eigenvalue weighted by Gasteiger charge is 2.41. The van der Waals surface area contributed by atoms with Crippen LogP contribution in [-0.2, 0) is 5.41 Å². The molecule has 1 saturated carbocycles. The van der Waals surface area contributed by atoms with Gasteiger partial charge in [0.15, 0.2) is 22.9 Å². The summed E-state index contributed by atoms with van der Waals surface area (Å²) in [7, 11) is 0. The Morgan fingerprint density at radius 3 is 2.25 bits per heavy atom. The van der Waals surface area contributed by atoms with E-state index < -0.39 is 11.5 Å². The summed E-state index contributed by atoms with van der Waals surface area (Å²) in [6.07, 6.45) is 5.85. The quantitative estimate of drug-likeness (QED) is 0.357. The van der Waals surface area contributed by atoms with Crippen molar-refractivity contribution < 1.29 is 23.5 Å². The number of carboxylic acid groups (broad SMARTS) is 1. The number of aromatic nitrogens is 2. The smallest absolute Gasteiger partial charge is 0.358 e. The van der Waals surface area contributed by atoms with E-state index in [0.717, 1.165) is 29.6 Å². The number of hydrogen-bond acceptors (Lipinski definition) is 6. The third kappa shape index (κ3) is 5.29. The van der Waals surface area contributed by atoms with E-state index in [1.807, 2.05) is 24.8 Å².